The Bertz CT molecular complexity index is 802. The number of rotatable bonds is 4. The third kappa shape index (κ3) is 3.87. The van der Waals surface area contributed by atoms with Gasteiger partial charge >= 0.3 is 6.18 Å². The second-order valence-corrected chi connectivity index (χ2v) is 6.16. The zero-order valence-corrected chi connectivity index (χ0v) is 14.0. The van der Waals surface area contributed by atoms with Crippen LogP contribution in [0, 0.1) is 5.92 Å². The van der Waals surface area contributed by atoms with Crippen LogP contribution in [-0.2, 0) is 17.4 Å². The maximum absolute atomic E-state index is 12.7. The van der Waals surface area contributed by atoms with Crippen molar-refractivity contribution in [1.29, 1.82) is 0 Å². The number of nitrogens with one attached hydrogen (secondary N) is 1. The van der Waals surface area contributed by atoms with Gasteiger partial charge in [-0.3, -0.25) is 4.79 Å². The van der Waals surface area contributed by atoms with Crippen molar-refractivity contribution in [2.45, 2.75) is 12.6 Å². The van der Waals surface area contributed by atoms with Gasteiger partial charge < -0.3 is 10.2 Å². The zero-order valence-electron chi connectivity index (χ0n) is 14.0. The summed E-state index contributed by atoms with van der Waals surface area (Å²) in [5.74, 6) is -0.123. The Balaban J connectivity index is 1.87. The van der Waals surface area contributed by atoms with Crippen LogP contribution in [0.5, 0.6) is 0 Å². The molecule has 0 saturated carbocycles. The van der Waals surface area contributed by atoms with Crippen molar-refractivity contribution >= 4 is 17.3 Å². The van der Waals surface area contributed by atoms with Gasteiger partial charge in [-0.1, -0.05) is 24.8 Å². The molecule has 0 bridgehead atoms. The fourth-order valence-electron chi connectivity index (χ4n) is 3.09. The number of hydrogen-bond donors (Lipinski definition) is 1. The lowest BCUT2D eigenvalue weighted by Crippen LogP contribution is -2.39. The Hall–Kier alpha value is -2.83. The van der Waals surface area contributed by atoms with E-state index in [0.717, 1.165) is 23.7 Å². The first-order valence-corrected chi connectivity index (χ1v) is 8.17. The van der Waals surface area contributed by atoms with Crippen LogP contribution in [0.2, 0.25) is 0 Å². The molecule has 0 radical (unpaired) electrons. The van der Waals surface area contributed by atoms with Gasteiger partial charge in [0, 0.05) is 18.8 Å². The van der Waals surface area contributed by atoms with Gasteiger partial charge in [-0.05, 0) is 42.2 Å². The van der Waals surface area contributed by atoms with Crippen molar-refractivity contribution < 1.29 is 18.0 Å². The summed E-state index contributed by atoms with van der Waals surface area (Å²) in [6.45, 7) is 4.46. The van der Waals surface area contributed by atoms with Crippen LogP contribution >= 0.6 is 0 Å². The molecule has 26 heavy (non-hydrogen) atoms. The topological polar surface area (TPSA) is 45.2 Å². The van der Waals surface area contributed by atoms with E-state index in [2.05, 4.69) is 16.9 Å². The smallest absolute Gasteiger partial charge is 0.352 e. The molecule has 1 aromatic carbocycles. The SMILES string of the molecule is C=CC(=O)NCC1Cc2ccccc2N(c2ccc(C(F)(F)F)nc2)C1. The van der Waals surface area contributed by atoms with Gasteiger partial charge in [0.25, 0.3) is 0 Å². The minimum Gasteiger partial charge on any atom is -0.352 e. The van der Waals surface area contributed by atoms with Crippen LogP contribution in [0.3, 0.4) is 0 Å². The minimum atomic E-state index is -4.46. The Morgan fingerprint density at radius 3 is 2.73 bits per heavy atom. The fraction of sp³-hybridized carbons (Fsp3) is 0.263. The number of nitrogens with zero attached hydrogens (tertiary/aromatic N) is 2. The number of fused-ring (bicyclic) bond motifs is 1. The average molecular weight is 361 g/mol. The van der Waals surface area contributed by atoms with Gasteiger partial charge in [-0.2, -0.15) is 13.2 Å². The number of alkyl halides is 3. The van der Waals surface area contributed by atoms with Gasteiger partial charge in [-0.15, -0.1) is 0 Å². The van der Waals surface area contributed by atoms with E-state index in [1.54, 1.807) is 0 Å². The largest absolute Gasteiger partial charge is 0.433 e. The molecule has 1 aliphatic heterocycles. The summed E-state index contributed by atoms with van der Waals surface area (Å²) in [5, 5.41) is 2.79. The summed E-state index contributed by atoms with van der Waals surface area (Å²) in [4.78, 5) is 16.9. The van der Waals surface area contributed by atoms with Crippen LogP contribution in [0.25, 0.3) is 0 Å². The molecular formula is C19H18F3N3O. The van der Waals surface area contributed by atoms with E-state index in [0.29, 0.717) is 18.8 Å². The van der Waals surface area contributed by atoms with E-state index in [-0.39, 0.29) is 11.8 Å². The Labute approximate surface area is 149 Å². The zero-order chi connectivity index (χ0) is 18.7. The highest BCUT2D eigenvalue weighted by Gasteiger charge is 2.33. The number of para-hydroxylation sites is 1. The summed E-state index contributed by atoms with van der Waals surface area (Å²) < 4.78 is 38.2. The Morgan fingerprint density at radius 2 is 2.08 bits per heavy atom. The van der Waals surface area contributed by atoms with Crippen molar-refractivity contribution in [3.8, 4) is 0 Å². The average Bonchev–Trinajstić information content (AvgIpc) is 2.64. The predicted octanol–water partition coefficient (Wildman–Crippen LogP) is 3.71. The van der Waals surface area contributed by atoms with Crippen LogP contribution in [-0.4, -0.2) is 24.0 Å². The number of hydrogen-bond acceptors (Lipinski definition) is 3. The summed E-state index contributed by atoms with van der Waals surface area (Å²) in [5.41, 5.74) is 1.70. The number of benzene rings is 1. The molecule has 7 heteroatoms. The Morgan fingerprint density at radius 1 is 1.31 bits per heavy atom. The molecule has 2 aromatic rings. The van der Waals surface area contributed by atoms with Crippen molar-refractivity contribution in [3.63, 3.8) is 0 Å². The summed E-state index contributed by atoms with van der Waals surface area (Å²) in [6.07, 6.45) is -1.23. The van der Waals surface area contributed by atoms with Crippen molar-refractivity contribution in [1.82, 2.24) is 10.3 Å². The quantitative estimate of drug-likeness (QED) is 0.845. The highest BCUT2D eigenvalue weighted by Crippen LogP contribution is 2.36. The van der Waals surface area contributed by atoms with Gasteiger partial charge in [0.15, 0.2) is 0 Å². The molecule has 0 fully saturated rings. The molecule has 1 aliphatic rings. The maximum Gasteiger partial charge on any atom is 0.433 e. The molecule has 1 atom stereocenters. The Kier molecular flexibility index (Phi) is 4.97. The van der Waals surface area contributed by atoms with Gasteiger partial charge in [0.1, 0.15) is 5.69 Å². The van der Waals surface area contributed by atoms with Crippen LogP contribution < -0.4 is 10.2 Å². The molecule has 1 amide bonds. The van der Waals surface area contributed by atoms with Gasteiger partial charge in [-0.25, -0.2) is 4.98 Å². The third-order valence-electron chi connectivity index (χ3n) is 4.33. The van der Waals surface area contributed by atoms with E-state index in [9.17, 15) is 18.0 Å². The maximum atomic E-state index is 12.7. The first kappa shape index (κ1) is 18.0. The first-order valence-electron chi connectivity index (χ1n) is 8.17. The monoisotopic (exact) mass is 361 g/mol. The molecule has 0 aliphatic carbocycles. The van der Waals surface area contributed by atoms with E-state index in [4.69, 9.17) is 0 Å². The lowest BCUT2D eigenvalue weighted by Gasteiger charge is -2.36. The van der Waals surface area contributed by atoms with Crippen molar-refractivity contribution in [2.75, 3.05) is 18.0 Å². The second-order valence-electron chi connectivity index (χ2n) is 6.16. The first-order chi connectivity index (χ1) is 12.4. The number of aromatic nitrogens is 1. The van der Waals surface area contributed by atoms with Crippen LogP contribution in [0.4, 0.5) is 24.5 Å². The fourth-order valence-corrected chi connectivity index (χ4v) is 3.09. The third-order valence-corrected chi connectivity index (χ3v) is 4.33. The lowest BCUT2D eigenvalue weighted by molar-refractivity contribution is -0.141. The highest BCUT2D eigenvalue weighted by molar-refractivity contribution is 5.86. The minimum absolute atomic E-state index is 0.121. The molecule has 136 valence electrons. The molecule has 4 nitrogen and oxygen atoms in total. The molecule has 0 spiro atoms. The second kappa shape index (κ2) is 7.19. The lowest BCUT2D eigenvalue weighted by atomic mass is 9.92. The molecule has 0 saturated heterocycles. The summed E-state index contributed by atoms with van der Waals surface area (Å²) in [6, 6.07) is 10.2. The summed E-state index contributed by atoms with van der Waals surface area (Å²) in [7, 11) is 0. The van der Waals surface area contributed by atoms with E-state index < -0.39 is 11.9 Å². The highest BCUT2D eigenvalue weighted by atomic mass is 19.4. The molecule has 3 rings (SSSR count). The molecule has 1 N–H and O–H groups in total. The van der Waals surface area contributed by atoms with E-state index in [1.165, 1.54) is 18.3 Å². The van der Waals surface area contributed by atoms with E-state index in [1.807, 2.05) is 29.2 Å². The number of amides is 1. The number of carbonyl (C=O) groups excluding carboxylic acids is 1. The van der Waals surface area contributed by atoms with Crippen LogP contribution in [0.1, 0.15) is 11.3 Å². The van der Waals surface area contributed by atoms with Gasteiger partial charge in [0.2, 0.25) is 5.91 Å². The van der Waals surface area contributed by atoms with Crippen molar-refractivity contribution in [3.05, 3.63) is 66.5 Å². The standard InChI is InChI=1S/C19H18F3N3O/c1-2-18(26)24-10-13-9-14-5-3-4-6-16(14)25(12-13)15-7-8-17(23-11-15)19(20,21)22/h2-8,11,13H,1,9-10,12H2,(H,24,26). The van der Waals surface area contributed by atoms with Crippen LogP contribution in [0.15, 0.2) is 55.3 Å². The molecule has 1 aromatic heterocycles. The molecule has 1 unspecified atom stereocenters. The number of carbonyl (C=O) groups is 1. The van der Waals surface area contributed by atoms with E-state index >= 15 is 0 Å². The van der Waals surface area contributed by atoms with Crippen molar-refractivity contribution in [2.24, 2.45) is 5.92 Å². The summed E-state index contributed by atoms with van der Waals surface area (Å²) >= 11 is 0. The number of anilines is 2. The number of halogens is 3. The number of pyridine rings is 1. The normalized spacial score (nSPS) is 16.7. The molecule has 2 heterocycles. The predicted molar refractivity (Wildman–Crippen MR) is 93.1 cm³/mol. The molecular weight excluding hydrogens is 343 g/mol. The van der Waals surface area contributed by atoms with Gasteiger partial charge in [0.05, 0.1) is 11.9 Å².